The van der Waals surface area contributed by atoms with Crippen molar-refractivity contribution >= 4 is 28.6 Å². The van der Waals surface area contributed by atoms with Crippen molar-refractivity contribution in [2.45, 2.75) is 13.3 Å². The SMILES string of the molecule is COc1cc(NCCc2scnc2C)ccc1Cl. The van der Waals surface area contributed by atoms with Gasteiger partial charge in [0.05, 0.1) is 23.3 Å². The number of hydrogen-bond donors (Lipinski definition) is 1. The van der Waals surface area contributed by atoms with Gasteiger partial charge in [-0.25, -0.2) is 4.98 Å². The van der Waals surface area contributed by atoms with Crippen LogP contribution in [0.15, 0.2) is 23.7 Å². The minimum Gasteiger partial charge on any atom is -0.495 e. The van der Waals surface area contributed by atoms with E-state index in [0.29, 0.717) is 10.8 Å². The van der Waals surface area contributed by atoms with Crippen molar-refractivity contribution in [2.24, 2.45) is 0 Å². The predicted molar refractivity (Wildman–Crippen MR) is 77.0 cm³/mol. The number of benzene rings is 1. The Morgan fingerprint density at radius 3 is 2.94 bits per heavy atom. The highest BCUT2D eigenvalue weighted by atomic mass is 35.5. The Balaban J connectivity index is 1.92. The van der Waals surface area contributed by atoms with Crippen LogP contribution in [-0.2, 0) is 6.42 Å². The molecule has 96 valence electrons. The number of halogens is 1. The van der Waals surface area contributed by atoms with Crippen LogP contribution in [-0.4, -0.2) is 18.6 Å². The average molecular weight is 283 g/mol. The van der Waals surface area contributed by atoms with E-state index in [1.165, 1.54) is 4.88 Å². The van der Waals surface area contributed by atoms with Crippen LogP contribution in [0.3, 0.4) is 0 Å². The van der Waals surface area contributed by atoms with Crippen molar-refractivity contribution in [1.29, 1.82) is 0 Å². The molecule has 0 atom stereocenters. The summed E-state index contributed by atoms with van der Waals surface area (Å²) in [7, 11) is 1.62. The van der Waals surface area contributed by atoms with Crippen molar-refractivity contribution in [1.82, 2.24) is 4.98 Å². The molecule has 1 aromatic carbocycles. The van der Waals surface area contributed by atoms with Gasteiger partial charge in [0, 0.05) is 29.6 Å². The fourth-order valence-electron chi connectivity index (χ4n) is 1.66. The van der Waals surface area contributed by atoms with E-state index in [2.05, 4.69) is 10.3 Å². The summed E-state index contributed by atoms with van der Waals surface area (Å²) < 4.78 is 5.18. The standard InChI is InChI=1S/C13H15ClN2OS/c1-9-13(18-8-16-9)5-6-15-10-3-4-11(14)12(7-10)17-2/h3-4,7-8,15H,5-6H2,1-2H3. The number of hydrogen-bond acceptors (Lipinski definition) is 4. The lowest BCUT2D eigenvalue weighted by molar-refractivity contribution is 0.415. The fourth-order valence-corrected chi connectivity index (χ4v) is 2.63. The molecule has 1 heterocycles. The van der Waals surface area contributed by atoms with Gasteiger partial charge in [-0.1, -0.05) is 11.6 Å². The van der Waals surface area contributed by atoms with Crippen molar-refractivity contribution in [3.05, 3.63) is 39.3 Å². The highest BCUT2D eigenvalue weighted by Gasteiger charge is 2.03. The van der Waals surface area contributed by atoms with E-state index in [9.17, 15) is 0 Å². The molecule has 2 aromatic rings. The zero-order valence-electron chi connectivity index (χ0n) is 10.4. The quantitative estimate of drug-likeness (QED) is 0.906. The number of anilines is 1. The van der Waals surface area contributed by atoms with E-state index < -0.39 is 0 Å². The smallest absolute Gasteiger partial charge is 0.139 e. The Hall–Kier alpha value is -1.26. The third kappa shape index (κ3) is 3.15. The molecule has 5 heteroatoms. The van der Waals surface area contributed by atoms with Crippen molar-refractivity contribution in [3.63, 3.8) is 0 Å². The van der Waals surface area contributed by atoms with E-state index in [1.807, 2.05) is 30.6 Å². The molecule has 0 saturated heterocycles. The Kier molecular flexibility index (Phi) is 4.44. The van der Waals surface area contributed by atoms with Crippen LogP contribution in [0.4, 0.5) is 5.69 Å². The number of nitrogens with one attached hydrogen (secondary N) is 1. The first-order chi connectivity index (χ1) is 8.70. The van der Waals surface area contributed by atoms with Gasteiger partial charge in [0.2, 0.25) is 0 Å². The molecule has 18 heavy (non-hydrogen) atoms. The number of aromatic nitrogens is 1. The maximum atomic E-state index is 5.97. The lowest BCUT2D eigenvalue weighted by Crippen LogP contribution is -2.04. The predicted octanol–water partition coefficient (Wildman–Crippen LogP) is 3.77. The number of methoxy groups -OCH3 is 1. The molecule has 2 rings (SSSR count). The molecular weight excluding hydrogens is 268 g/mol. The van der Waals surface area contributed by atoms with Crippen LogP contribution in [0.2, 0.25) is 5.02 Å². The second kappa shape index (κ2) is 6.07. The highest BCUT2D eigenvalue weighted by Crippen LogP contribution is 2.27. The van der Waals surface area contributed by atoms with Crippen LogP contribution in [0.5, 0.6) is 5.75 Å². The molecule has 1 N–H and O–H groups in total. The molecule has 1 aromatic heterocycles. The summed E-state index contributed by atoms with van der Waals surface area (Å²) in [6.45, 7) is 2.91. The second-order valence-corrected chi connectivity index (χ2v) is 5.23. The molecule has 0 fully saturated rings. The van der Waals surface area contributed by atoms with Gasteiger partial charge in [0.25, 0.3) is 0 Å². The monoisotopic (exact) mass is 282 g/mol. The number of rotatable bonds is 5. The largest absolute Gasteiger partial charge is 0.495 e. The average Bonchev–Trinajstić information content (AvgIpc) is 2.77. The van der Waals surface area contributed by atoms with Crippen molar-refractivity contribution in [3.8, 4) is 5.75 Å². The maximum Gasteiger partial charge on any atom is 0.139 e. The van der Waals surface area contributed by atoms with Crippen molar-refractivity contribution in [2.75, 3.05) is 19.0 Å². The van der Waals surface area contributed by atoms with Crippen LogP contribution in [0.1, 0.15) is 10.6 Å². The number of thiazole rings is 1. The first-order valence-electron chi connectivity index (χ1n) is 5.67. The van der Waals surface area contributed by atoms with Gasteiger partial charge in [0.15, 0.2) is 0 Å². The minimum atomic E-state index is 0.626. The van der Waals surface area contributed by atoms with Crippen LogP contribution in [0, 0.1) is 6.92 Å². The van der Waals surface area contributed by atoms with Gasteiger partial charge in [-0.3, -0.25) is 0 Å². The zero-order valence-corrected chi connectivity index (χ0v) is 11.9. The van der Waals surface area contributed by atoms with Crippen LogP contribution in [0.25, 0.3) is 0 Å². The maximum absolute atomic E-state index is 5.97. The summed E-state index contributed by atoms with van der Waals surface area (Å²) in [5.41, 5.74) is 4.02. The lowest BCUT2D eigenvalue weighted by atomic mass is 10.2. The molecule has 0 amide bonds. The molecule has 0 aliphatic rings. The molecule has 0 saturated carbocycles. The summed E-state index contributed by atoms with van der Waals surface area (Å²) in [5, 5.41) is 3.98. The Labute approximate surface area is 116 Å². The third-order valence-electron chi connectivity index (χ3n) is 2.68. The van der Waals surface area contributed by atoms with E-state index >= 15 is 0 Å². The topological polar surface area (TPSA) is 34.1 Å². The van der Waals surface area contributed by atoms with Gasteiger partial charge in [-0.15, -0.1) is 11.3 Å². The lowest BCUT2D eigenvalue weighted by Gasteiger charge is -2.09. The molecule has 0 spiro atoms. The van der Waals surface area contributed by atoms with Gasteiger partial charge < -0.3 is 10.1 Å². The van der Waals surface area contributed by atoms with E-state index in [1.54, 1.807) is 18.4 Å². The second-order valence-electron chi connectivity index (χ2n) is 3.89. The molecule has 0 radical (unpaired) electrons. The summed E-state index contributed by atoms with van der Waals surface area (Å²) in [5.74, 6) is 0.690. The van der Waals surface area contributed by atoms with Crippen molar-refractivity contribution < 1.29 is 4.74 Å². The van der Waals surface area contributed by atoms with E-state index in [4.69, 9.17) is 16.3 Å². The van der Waals surface area contributed by atoms with Gasteiger partial charge in [-0.2, -0.15) is 0 Å². The Morgan fingerprint density at radius 2 is 2.28 bits per heavy atom. The summed E-state index contributed by atoms with van der Waals surface area (Å²) in [6, 6.07) is 5.69. The Morgan fingerprint density at radius 1 is 1.44 bits per heavy atom. The molecule has 0 bridgehead atoms. The van der Waals surface area contributed by atoms with E-state index in [0.717, 1.165) is 24.3 Å². The number of aryl methyl sites for hydroxylation is 1. The fraction of sp³-hybridized carbons (Fsp3) is 0.308. The highest BCUT2D eigenvalue weighted by molar-refractivity contribution is 7.09. The van der Waals surface area contributed by atoms with E-state index in [-0.39, 0.29) is 0 Å². The first kappa shape index (κ1) is 13.2. The summed E-state index contributed by atoms with van der Waals surface area (Å²) >= 11 is 7.67. The molecule has 0 aliphatic carbocycles. The van der Waals surface area contributed by atoms with Gasteiger partial charge in [0.1, 0.15) is 5.75 Å². The molecule has 0 unspecified atom stereocenters. The van der Waals surface area contributed by atoms with Gasteiger partial charge in [-0.05, 0) is 19.1 Å². The van der Waals surface area contributed by atoms with Crippen LogP contribution < -0.4 is 10.1 Å². The molecular formula is C13H15ClN2OS. The first-order valence-corrected chi connectivity index (χ1v) is 6.93. The Bertz CT molecular complexity index is 527. The van der Waals surface area contributed by atoms with Gasteiger partial charge >= 0.3 is 0 Å². The molecule has 0 aliphatic heterocycles. The zero-order chi connectivity index (χ0) is 13.0. The molecule has 3 nitrogen and oxygen atoms in total. The number of nitrogens with zero attached hydrogens (tertiary/aromatic N) is 1. The normalized spacial score (nSPS) is 10.4. The minimum absolute atomic E-state index is 0.626. The summed E-state index contributed by atoms with van der Waals surface area (Å²) in [6.07, 6.45) is 0.974. The summed E-state index contributed by atoms with van der Waals surface area (Å²) in [4.78, 5) is 5.56. The number of ether oxygens (including phenoxy) is 1. The van der Waals surface area contributed by atoms with Crippen LogP contribution >= 0.6 is 22.9 Å². The third-order valence-corrected chi connectivity index (χ3v) is 3.98.